The quantitative estimate of drug-likeness (QED) is 0.426. The molecule has 2 amide bonds. The highest BCUT2D eigenvalue weighted by Crippen LogP contribution is 2.33. The van der Waals surface area contributed by atoms with E-state index < -0.39 is 0 Å². The van der Waals surface area contributed by atoms with E-state index >= 15 is 0 Å². The second kappa shape index (κ2) is 6.60. The van der Waals surface area contributed by atoms with Crippen LogP contribution in [0.4, 0.5) is 5.69 Å². The molecule has 0 aliphatic carbocycles. The van der Waals surface area contributed by atoms with Crippen LogP contribution in [0.5, 0.6) is 11.5 Å². The standard InChI is InChI=1S/C25H17NO3/c1-16-8-12-19(13-9-16)29-20-14-10-18(11-15-20)26-24(27)21-6-2-4-17-5-3-7-22(23(17)21)25(26)28/h2-15H,1H3. The van der Waals surface area contributed by atoms with Crippen LogP contribution in [-0.2, 0) is 0 Å². The van der Waals surface area contributed by atoms with E-state index in [1.54, 1.807) is 36.4 Å². The van der Waals surface area contributed by atoms with Crippen molar-refractivity contribution >= 4 is 28.3 Å². The molecule has 4 aromatic rings. The van der Waals surface area contributed by atoms with E-state index in [0.29, 0.717) is 22.6 Å². The molecule has 4 nitrogen and oxygen atoms in total. The van der Waals surface area contributed by atoms with Gasteiger partial charge in [-0.05, 0) is 60.8 Å². The average Bonchev–Trinajstić information content (AvgIpc) is 2.75. The Balaban J connectivity index is 1.49. The Labute approximate surface area is 168 Å². The molecule has 29 heavy (non-hydrogen) atoms. The van der Waals surface area contributed by atoms with Crippen molar-refractivity contribution in [2.75, 3.05) is 4.90 Å². The summed E-state index contributed by atoms with van der Waals surface area (Å²) >= 11 is 0. The Kier molecular flexibility index (Phi) is 3.91. The van der Waals surface area contributed by atoms with Gasteiger partial charge in [0.1, 0.15) is 11.5 Å². The molecule has 0 bridgehead atoms. The van der Waals surface area contributed by atoms with Gasteiger partial charge in [0.2, 0.25) is 0 Å². The number of rotatable bonds is 3. The fourth-order valence-corrected chi connectivity index (χ4v) is 3.67. The van der Waals surface area contributed by atoms with Crippen LogP contribution in [0, 0.1) is 6.92 Å². The molecule has 1 aliphatic heterocycles. The van der Waals surface area contributed by atoms with Crippen LogP contribution in [-0.4, -0.2) is 11.8 Å². The molecule has 0 aromatic heterocycles. The number of nitrogens with zero attached hydrogens (tertiary/aromatic N) is 1. The number of carbonyl (C=O) groups is 2. The van der Waals surface area contributed by atoms with Crippen molar-refractivity contribution in [1.82, 2.24) is 0 Å². The third-order valence-corrected chi connectivity index (χ3v) is 5.12. The van der Waals surface area contributed by atoms with E-state index in [-0.39, 0.29) is 11.8 Å². The Morgan fingerprint density at radius 1 is 0.655 bits per heavy atom. The Morgan fingerprint density at radius 3 is 1.72 bits per heavy atom. The maximum absolute atomic E-state index is 13.1. The second-order valence-electron chi connectivity index (χ2n) is 7.06. The molecule has 0 radical (unpaired) electrons. The summed E-state index contributed by atoms with van der Waals surface area (Å²) in [5.74, 6) is 0.740. The summed E-state index contributed by atoms with van der Waals surface area (Å²) in [5.41, 5.74) is 2.75. The van der Waals surface area contributed by atoms with Gasteiger partial charge in [0.15, 0.2) is 0 Å². The van der Waals surface area contributed by atoms with Gasteiger partial charge in [0, 0.05) is 16.5 Å². The zero-order chi connectivity index (χ0) is 20.0. The lowest BCUT2D eigenvalue weighted by molar-refractivity contribution is 0.0893. The summed E-state index contributed by atoms with van der Waals surface area (Å²) in [6, 6.07) is 25.8. The largest absolute Gasteiger partial charge is 0.457 e. The number of aryl methyl sites for hydroxylation is 1. The first-order chi connectivity index (χ1) is 14.1. The smallest absolute Gasteiger partial charge is 0.265 e. The van der Waals surface area contributed by atoms with Crippen LogP contribution in [0.1, 0.15) is 26.3 Å². The number of hydrogen-bond acceptors (Lipinski definition) is 3. The zero-order valence-electron chi connectivity index (χ0n) is 15.8. The third kappa shape index (κ3) is 2.86. The zero-order valence-corrected chi connectivity index (χ0v) is 15.8. The molecule has 4 heteroatoms. The molecule has 0 saturated heterocycles. The fraction of sp³-hybridized carbons (Fsp3) is 0.0400. The van der Waals surface area contributed by atoms with Crippen LogP contribution in [0.15, 0.2) is 84.9 Å². The van der Waals surface area contributed by atoms with Crippen molar-refractivity contribution in [2.45, 2.75) is 6.92 Å². The maximum Gasteiger partial charge on any atom is 0.265 e. The van der Waals surface area contributed by atoms with E-state index in [4.69, 9.17) is 4.74 Å². The van der Waals surface area contributed by atoms with E-state index in [9.17, 15) is 9.59 Å². The predicted molar refractivity (Wildman–Crippen MR) is 113 cm³/mol. The van der Waals surface area contributed by atoms with Gasteiger partial charge in [-0.25, -0.2) is 4.90 Å². The second-order valence-corrected chi connectivity index (χ2v) is 7.06. The minimum absolute atomic E-state index is 0.313. The molecule has 5 rings (SSSR count). The molecule has 0 saturated carbocycles. The molecule has 1 heterocycles. The number of anilines is 1. The minimum atomic E-state index is -0.313. The number of hydrogen-bond donors (Lipinski definition) is 0. The molecule has 0 atom stereocenters. The van der Waals surface area contributed by atoms with Crippen molar-refractivity contribution in [3.8, 4) is 11.5 Å². The molecule has 4 aromatic carbocycles. The van der Waals surface area contributed by atoms with Crippen LogP contribution >= 0.6 is 0 Å². The number of amides is 2. The minimum Gasteiger partial charge on any atom is -0.457 e. The van der Waals surface area contributed by atoms with Crippen molar-refractivity contribution in [1.29, 1.82) is 0 Å². The molecule has 0 unspecified atom stereocenters. The van der Waals surface area contributed by atoms with Gasteiger partial charge in [-0.3, -0.25) is 9.59 Å². The third-order valence-electron chi connectivity index (χ3n) is 5.12. The SMILES string of the molecule is Cc1ccc(Oc2ccc(N3C(=O)c4cccc5cccc(c45)C3=O)cc2)cc1. The molecular weight excluding hydrogens is 362 g/mol. The van der Waals surface area contributed by atoms with E-state index in [2.05, 4.69) is 0 Å². The average molecular weight is 379 g/mol. The highest BCUT2D eigenvalue weighted by atomic mass is 16.5. The lowest BCUT2D eigenvalue weighted by atomic mass is 9.94. The summed E-state index contributed by atoms with van der Waals surface area (Å²) in [4.78, 5) is 27.4. The summed E-state index contributed by atoms with van der Waals surface area (Å²) < 4.78 is 5.84. The van der Waals surface area contributed by atoms with Crippen molar-refractivity contribution in [2.24, 2.45) is 0 Å². The maximum atomic E-state index is 13.1. The first kappa shape index (κ1) is 17.2. The number of imide groups is 1. The lowest BCUT2D eigenvalue weighted by Gasteiger charge is -2.27. The highest BCUT2D eigenvalue weighted by molar-refractivity contribution is 6.35. The van der Waals surface area contributed by atoms with E-state index in [1.807, 2.05) is 55.5 Å². The topological polar surface area (TPSA) is 46.6 Å². The summed E-state index contributed by atoms with van der Waals surface area (Å²) in [6.45, 7) is 2.02. The van der Waals surface area contributed by atoms with Gasteiger partial charge in [0.25, 0.3) is 11.8 Å². The van der Waals surface area contributed by atoms with Crippen molar-refractivity contribution in [3.05, 3.63) is 102 Å². The van der Waals surface area contributed by atoms with Crippen LogP contribution < -0.4 is 9.64 Å². The van der Waals surface area contributed by atoms with Gasteiger partial charge >= 0.3 is 0 Å². The van der Waals surface area contributed by atoms with Crippen LogP contribution in [0.25, 0.3) is 10.8 Å². The Morgan fingerprint density at radius 2 is 1.17 bits per heavy atom. The summed E-state index contributed by atoms with van der Waals surface area (Å²) in [5, 5.41) is 1.61. The normalized spacial score (nSPS) is 13.1. The van der Waals surface area contributed by atoms with Gasteiger partial charge < -0.3 is 4.74 Å². The first-order valence-corrected chi connectivity index (χ1v) is 9.37. The molecule has 140 valence electrons. The number of ether oxygens (including phenoxy) is 1. The number of benzene rings is 4. The highest BCUT2D eigenvalue weighted by Gasteiger charge is 2.33. The Hall–Kier alpha value is -3.92. The molecule has 0 N–H and O–H groups in total. The molecule has 1 aliphatic rings. The fourth-order valence-electron chi connectivity index (χ4n) is 3.67. The molecular formula is C25H17NO3. The van der Waals surface area contributed by atoms with Crippen molar-refractivity contribution < 1.29 is 14.3 Å². The van der Waals surface area contributed by atoms with Crippen LogP contribution in [0.3, 0.4) is 0 Å². The van der Waals surface area contributed by atoms with Gasteiger partial charge in [-0.2, -0.15) is 0 Å². The monoisotopic (exact) mass is 379 g/mol. The summed E-state index contributed by atoms with van der Waals surface area (Å²) in [7, 11) is 0. The van der Waals surface area contributed by atoms with E-state index in [0.717, 1.165) is 22.1 Å². The van der Waals surface area contributed by atoms with Gasteiger partial charge in [-0.15, -0.1) is 0 Å². The lowest BCUT2D eigenvalue weighted by Crippen LogP contribution is -2.40. The molecule has 0 spiro atoms. The summed E-state index contributed by atoms with van der Waals surface area (Å²) in [6.07, 6.45) is 0. The number of carbonyl (C=O) groups excluding carboxylic acids is 2. The Bertz CT molecular complexity index is 1210. The van der Waals surface area contributed by atoms with Gasteiger partial charge in [-0.1, -0.05) is 42.0 Å². The van der Waals surface area contributed by atoms with Crippen molar-refractivity contribution in [3.63, 3.8) is 0 Å². The van der Waals surface area contributed by atoms with Crippen LogP contribution in [0.2, 0.25) is 0 Å². The predicted octanol–water partition coefficient (Wildman–Crippen LogP) is 5.74. The van der Waals surface area contributed by atoms with Gasteiger partial charge in [0.05, 0.1) is 5.69 Å². The molecule has 0 fully saturated rings. The first-order valence-electron chi connectivity index (χ1n) is 9.37. The van der Waals surface area contributed by atoms with E-state index in [1.165, 1.54) is 4.90 Å².